The average Bonchev–Trinajstić information content (AvgIpc) is 3.37. The highest BCUT2D eigenvalue weighted by Crippen LogP contribution is 2.33. The molecule has 26 heavy (non-hydrogen) atoms. The third-order valence-corrected chi connectivity index (χ3v) is 5.29. The first-order chi connectivity index (χ1) is 12.6. The highest BCUT2D eigenvalue weighted by atomic mass is 16.5. The smallest absolute Gasteiger partial charge is 0.265 e. The van der Waals surface area contributed by atoms with Gasteiger partial charge in [0.2, 0.25) is 5.91 Å². The molecule has 0 radical (unpaired) electrons. The predicted molar refractivity (Wildman–Crippen MR) is 95.2 cm³/mol. The number of fused-ring (bicyclic) bond motifs is 1. The van der Waals surface area contributed by atoms with Gasteiger partial charge < -0.3 is 14.5 Å². The van der Waals surface area contributed by atoms with E-state index in [0.29, 0.717) is 17.0 Å². The Balaban J connectivity index is 1.58. The average molecular weight is 357 g/mol. The van der Waals surface area contributed by atoms with Gasteiger partial charge in [-0.3, -0.25) is 19.3 Å². The van der Waals surface area contributed by atoms with Crippen molar-refractivity contribution in [2.45, 2.75) is 25.7 Å². The van der Waals surface area contributed by atoms with E-state index in [1.807, 2.05) is 4.90 Å². The van der Waals surface area contributed by atoms with Crippen LogP contribution >= 0.6 is 0 Å². The number of likely N-dealkylation sites (tertiary alicyclic amines) is 2. The molecular formula is C19H23N3O4. The number of hydrogen-bond acceptors (Lipinski definition) is 4. The summed E-state index contributed by atoms with van der Waals surface area (Å²) in [5, 5.41) is 0. The van der Waals surface area contributed by atoms with E-state index in [9.17, 15) is 14.4 Å². The molecule has 138 valence electrons. The van der Waals surface area contributed by atoms with E-state index >= 15 is 0 Å². The third-order valence-electron chi connectivity index (χ3n) is 5.29. The third kappa shape index (κ3) is 3.13. The molecule has 0 aromatic heterocycles. The van der Waals surface area contributed by atoms with Gasteiger partial charge in [0.1, 0.15) is 12.3 Å². The summed E-state index contributed by atoms with van der Waals surface area (Å²) in [5.41, 5.74) is 1.04. The topological polar surface area (TPSA) is 70.2 Å². The van der Waals surface area contributed by atoms with E-state index in [4.69, 9.17) is 4.74 Å². The molecule has 2 fully saturated rings. The quantitative estimate of drug-likeness (QED) is 0.817. The van der Waals surface area contributed by atoms with Crippen molar-refractivity contribution in [2.24, 2.45) is 0 Å². The molecule has 0 unspecified atom stereocenters. The maximum absolute atomic E-state index is 12.7. The lowest BCUT2D eigenvalue weighted by molar-refractivity contribution is -0.131. The summed E-state index contributed by atoms with van der Waals surface area (Å²) >= 11 is 0. The van der Waals surface area contributed by atoms with E-state index in [1.54, 1.807) is 23.1 Å². The van der Waals surface area contributed by atoms with Crippen LogP contribution in [0.1, 0.15) is 36.0 Å². The van der Waals surface area contributed by atoms with Crippen molar-refractivity contribution >= 4 is 23.4 Å². The Morgan fingerprint density at radius 1 is 0.962 bits per heavy atom. The summed E-state index contributed by atoms with van der Waals surface area (Å²) in [5.74, 6) is 0.196. The van der Waals surface area contributed by atoms with E-state index in [-0.39, 0.29) is 30.9 Å². The first-order valence-corrected chi connectivity index (χ1v) is 9.28. The SMILES string of the molecule is O=C(CN1C(=O)COc2ccc(C(=O)N3CCCC3)cc21)N1CCCC1. The second kappa shape index (κ2) is 6.97. The Kier molecular flexibility index (Phi) is 4.53. The van der Waals surface area contributed by atoms with Gasteiger partial charge >= 0.3 is 0 Å². The lowest BCUT2D eigenvalue weighted by atomic mass is 10.1. The number of benzene rings is 1. The lowest BCUT2D eigenvalue weighted by Gasteiger charge is -2.30. The molecule has 1 aromatic carbocycles. The van der Waals surface area contributed by atoms with Gasteiger partial charge in [0.15, 0.2) is 6.61 Å². The summed E-state index contributed by atoms with van der Waals surface area (Å²) in [4.78, 5) is 42.6. The number of amides is 3. The molecule has 2 saturated heterocycles. The summed E-state index contributed by atoms with van der Waals surface area (Å²) < 4.78 is 5.49. The number of carbonyl (C=O) groups excluding carboxylic acids is 3. The number of nitrogens with zero attached hydrogens (tertiary/aromatic N) is 3. The van der Waals surface area contributed by atoms with Gasteiger partial charge in [0.25, 0.3) is 11.8 Å². The Bertz CT molecular complexity index is 736. The highest BCUT2D eigenvalue weighted by molar-refractivity contribution is 6.04. The minimum atomic E-state index is -0.254. The minimum Gasteiger partial charge on any atom is -0.482 e. The number of ether oxygens (including phenoxy) is 1. The predicted octanol–water partition coefficient (Wildman–Crippen LogP) is 1.27. The van der Waals surface area contributed by atoms with Gasteiger partial charge in [0, 0.05) is 31.7 Å². The van der Waals surface area contributed by atoms with Gasteiger partial charge in [0.05, 0.1) is 5.69 Å². The first kappa shape index (κ1) is 16.9. The Morgan fingerprint density at radius 2 is 1.62 bits per heavy atom. The van der Waals surface area contributed by atoms with E-state index in [1.165, 1.54) is 4.90 Å². The summed E-state index contributed by atoms with van der Waals surface area (Å²) in [7, 11) is 0. The van der Waals surface area contributed by atoms with Crippen LogP contribution in [0.25, 0.3) is 0 Å². The second-order valence-electron chi connectivity index (χ2n) is 7.04. The van der Waals surface area contributed by atoms with Gasteiger partial charge in [-0.2, -0.15) is 0 Å². The molecule has 4 rings (SSSR count). The molecule has 1 aromatic rings. The van der Waals surface area contributed by atoms with Crippen molar-refractivity contribution in [1.82, 2.24) is 9.80 Å². The lowest BCUT2D eigenvalue weighted by Crippen LogP contribution is -2.46. The normalized spacial score (nSPS) is 19.5. The largest absolute Gasteiger partial charge is 0.482 e. The van der Waals surface area contributed by atoms with Crippen molar-refractivity contribution in [3.05, 3.63) is 23.8 Å². The monoisotopic (exact) mass is 357 g/mol. The van der Waals surface area contributed by atoms with Gasteiger partial charge in [-0.1, -0.05) is 0 Å². The van der Waals surface area contributed by atoms with Crippen molar-refractivity contribution < 1.29 is 19.1 Å². The van der Waals surface area contributed by atoms with Crippen LogP contribution in [-0.2, 0) is 9.59 Å². The molecule has 7 nitrogen and oxygen atoms in total. The van der Waals surface area contributed by atoms with E-state index < -0.39 is 0 Å². The molecule has 3 aliphatic heterocycles. The molecule has 0 spiro atoms. The number of hydrogen-bond donors (Lipinski definition) is 0. The molecule has 3 heterocycles. The van der Waals surface area contributed by atoms with Crippen LogP contribution in [0.3, 0.4) is 0 Å². The highest BCUT2D eigenvalue weighted by Gasteiger charge is 2.31. The molecule has 3 amide bonds. The summed E-state index contributed by atoms with van der Waals surface area (Å²) in [6.45, 7) is 2.94. The fourth-order valence-electron chi connectivity index (χ4n) is 3.81. The number of anilines is 1. The van der Waals surface area contributed by atoms with Gasteiger partial charge in [-0.25, -0.2) is 0 Å². The van der Waals surface area contributed by atoms with Crippen LogP contribution in [0.2, 0.25) is 0 Å². The van der Waals surface area contributed by atoms with Crippen LogP contribution in [-0.4, -0.2) is 66.9 Å². The standard InChI is InChI=1S/C19H23N3O4/c23-17(20-7-1-2-8-20)12-22-15-11-14(19(25)21-9-3-4-10-21)5-6-16(15)26-13-18(22)24/h5-6,11H,1-4,7-10,12-13H2. The Hall–Kier alpha value is -2.57. The van der Waals surface area contributed by atoms with Gasteiger partial charge in [-0.05, 0) is 43.9 Å². The number of rotatable bonds is 3. The summed E-state index contributed by atoms with van der Waals surface area (Å²) in [6.07, 6.45) is 4.06. The van der Waals surface area contributed by atoms with Crippen molar-refractivity contribution in [3.63, 3.8) is 0 Å². The molecule has 0 saturated carbocycles. The zero-order valence-electron chi connectivity index (χ0n) is 14.8. The summed E-state index contributed by atoms with van der Waals surface area (Å²) in [6, 6.07) is 5.14. The molecule has 0 aliphatic carbocycles. The molecule has 0 atom stereocenters. The Morgan fingerprint density at radius 3 is 2.31 bits per heavy atom. The van der Waals surface area contributed by atoms with Crippen LogP contribution in [0.15, 0.2) is 18.2 Å². The molecule has 0 N–H and O–H groups in total. The van der Waals surface area contributed by atoms with Crippen molar-refractivity contribution in [3.8, 4) is 5.75 Å². The first-order valence-electron chi connectivity index (χ1n) is 9.28. The maximum Gasteiger partial charge on any atom is 0.265 e. The zero-order chi connectivity index (χ0) is 18.1. The molecule has 3 aliphatic rings. The van der Waals surface area contributed by atoms with E-state index in [2.05, 4.69) is 0 Å². The van der Waals surface area contributed by atoms with Crippen LogP contribution in [0.4, 0.5) is 5.69 Å². The van der Waals surface area contributed by atoms with Crippen molar-refractivity contribution in [1.29, 1.82) is 0 Å². The fraction of sp³-hybridized carbons (Fsp3) is 0.526. The number of carbonyl (C=O) groups is 3. The van der Waals surface area contributed by atoms with E-state index in [0.717, 1.165) is 51.9 Å². The molecular weight excluding hydrogens is 334 g/mol. The fourth-order valence-corrected chi connectivity index (χ4v) is 3.81. The zero-order valence-corrected chi connectivity index (χ0v) is 14.8. The minimum absolute atomic E-state index is 0.00342. The molecule has 7 heteroatoms. The van der Waals surface area contributed by atoms with Crippen LogP contribution < -0.4 is 9.64 Å². The van der Waals surface area contributed by atoms with Crippen molar-refractivity contribution in [2.75, 3.05) is 44.2 Å². The van der Waals surface area contributed by atoms with Crippen LogP contribution in [0.5, 0.6) is 5.75 Å². The van der Waals surface area contributed by atoms with Gasteiger partial charge in [-0.15, -0.1) is 0 Å². The van der Waals surface area contributed by atoms with Crippen LogP contribution in [0, 0.1) is 0 Å². The molecule has 0 bridgehead atoms. The Labute approximate surface area is 152 Å². The second-order valence-corrected chi connectivity index (χ2v) is 7.04. The maximum atomic E-state index is 12.7.